The standard InChI is InChI=1S/C69H61NO/c1-65(2,3)44-38-53-63-61(71-64(53)60(39-44)66(4,5)6)36-35-58-62(63)52-40-46(32-34-55(52)67(58,7)8)70(47-31-33-51-48-25-14-17-28-54(48)68(9,10)59(51)41-47)45-24-20-23-43(37-45)69(42-21-12-11-13-22-42)56-29-18-15-26-49(56)50-27-16-19-30-57(50)69/h11-41H,1-10H3. The van der Waals surface area contributed by atoms with Crippen LogP contribution in [0, 0.1) is 0 Å². The molecule has 13 rings (SSSR count). The first-order chi connectivity index (χ1) is 34.0. The van der Waals surface area contributed by atoms with E-state index in [2.05, 4.69) is 262 Å². The summed E-state index contributed by atoms with van der Waals surface area (Å²) >= 11 is 0. The van der Waals surface area contributed by atoms with E-state index in [0.29, 0.717) is 0 Å². The summed E-state index contributed by atoms with van der Waals surface area (Å²) < 4.78 is 7.04. The summed E-state index contributed by atoms with van der Waals surface area (Å²) in [6.45, 7) is 23.5. The van der Waals surface area contributed by atoms with Gasteiger partial charge in [0, 0.05) is 44.2 Å². The van der Waals surface area contributed by atoms with Crippen molar-refractivity contribution in [2.45, 2.75) is 96.3 Å². The van der Waals surface area contributed by atoms with Crippen LogP contribution in [0.15, 0.2) is 192 Å². The molecule has 3 aliphatic carbocycles. The number of nitrogens with zero attached hydrogens (tertiary/aromatic N) is 1. The van der Waals surface area contributed by atoms with Gasteiger partial charge in [-0.2, -0.15) is 0 Å². The molecule has 1 heterocycles. The molecule has 0 radical (unpaired) electrons. The van der Waals surface area contributed by atoms with E-state index in [9.17, 15) is 0 Å². The van der Waals surface area contributed by atoms with E-state index in [4.69, 9.17) is 4.42 Å². The minimum Gasteiger partial charge on any atom is -0.456 e. The van der Waals surface area contributed by atoms with Crippen molar-refractivity contribution in [3.8, 4) is 33.4 Å². The molecule has 0 bridgehead atoms. The molecule has 2 heteroatoms. The first-order valence-corrected chi connectivity index (χ1v) is 25.6. The largest absolute Gasteiger partial charge is 0.456 e. The highest BCUT2D eigenvalue weighted by atomic mass is 16.3. The molecule has 0 spiro atoms. The highest BCUT2D eigenvalue weighted by molar-refractivity contribution is 6.16. The van der Waals surface area contributed by atoms with Crippen LogP contribution in [0.2, 0.25) is 0 Å². The smallest absolute Gasteiger partial charge is 0.139 e. The molecule has 0 aliphatic heterocycles. The van der Waals surface area contributed by atoms with Gasteiger partial charge in [-0.25, -0.2) is 0 Å². The number of furan rings is 1. The lowest BCUT2D eigenvalue weighted by Crippen LogP contribution is -2.28. The fraction of sp³-hybridized carbons (Fsp3) is 0.217. The van der Waals surface area contributed by atoms with Crippen LogP contribution in [0.1, 0.15) is 125 Å². The van der Waals surface area contributed by atoms with Crippen molar-refractivity contribution < 1.29 is 4.42 Å². The van der Waals surface area contributed by atoms with E-state index >= 15 is 0 Å². The van der Waals surface area contributed by atoms with Gasteiger partial charge in [0.05, 0.1) is 5.41 Å². The second-order valence-electron chi connectivity index (χ2n) is 23.7. The maximum atomic E-state index is 7.04. The Morgan fingerprint density at radius 1 is 0.394 bits per heavy atom. The highest BCUT2D eigenvalue weighted by Crippen LogP contribution is 2.59. The van der Waals surface area contributed by atoms with Crippen molar-refractivity contribution in [1.29, 1.82) is 0 Å². The summed E-state index contributed by atoms with van der Waals surface area (Å²) in [5.41, 5.74) is 25.1. The summed E-state index contributed by atoms with van der Waals surface area (Å²) in [5, 5.41) is 2.42. The third kappa shape index (κ3) is 6.07. The van der Waals surface area contributed by atoms with Crippen LogP contribution in [0.3, 0.4) is 0 Å². The highest BCUT2D eigenvalue weighted by Gasteiger charge is 2.46. The second kappa shape index (κ2) is 14.8. The van der Waals surface area contributed by atoms with Crippen molar-refractivity contribution in [3.63, 3.8) is 0 Å². The summed E-state index contributed by atoms with van der Waals surface area (Å²) in [7, 11) is 0. The van der Waals surface area contributed by atoms with Gasteiger partial charge in [0.15, 0.2) is 0 Å². The third-order valence-electron chi connectivity index (χ3n) is 16.8. The topological polar surface area (TPSA) is 16.4 Å². The Morgan fingerprint density at radius 2 is 0.930 bits per heavy atom. The zero-order valence-corrected chi connectivity index (χ0v) is 42.8. The quantitative estimate of drug-likeness (QED) is 0.171. The molecule has 0 amide bonds. The molecule has 0 saturated heterocycles. The van der Waals surface area contributed by atoms with Gasteiger partial charge in [-0.1, -0.05) is 209 Å². The van der Waals surface area contributed by atoms with Gasteiger partial charge in [0.25, 0.3) is 0 Å². The van der Waals surface area contributed by atoms with Crippen LogP contribution in [-0.2, 0) is 27.1 Å². The Balaban J connectivity index is 1.08. The SMILES string of the molecule is CC(C)(C)c1cc(C(C)(C)C)c2oc3ccc4c(c3c2c1)-c1cc(N(c2cccc(C3(c5ccccc5)c5ccccc5-c5ccccc53)c2)c2ccc3c(c2)C(C)(C)c2ccccc2-3)ccc1C4(C)C. The normalized spacial score (nSPS) is 15.5. The maximum Gasteiger partial charge on any atom is 0.139 e. The number of fused-ring (bicyclic) bond motifs is 13. The molecular weight excluding hydrogens is 859 g/mol. The van der Waals surface area contributed by atoms with Gasteiger partial charge < -0.3 is 9.32 Å². The Bertz CT molecular complexity index is 3800. The fourth-order valence-electron chi connectivity index (χ4n) is 13.2. The van der Waals surface area contributed by atoms with Crippen LogP contribution >= 0.6 is 0 Å². The summed E-state index contributed by atoms with van der Waals surface area (Å²) in [5.74, 6) is 0. The van der Waals surface area contributed by atoms with E-state index in [1.165, 1.54) is 99.8 Å². The molecule has 348 valence electrons. The monoisotopic (exact) mass is 919 g/mol. The van der Waals surface area contributed by atoms with Crippen LogP contribution in [0.4, 0.5) is 17.1 Å². The van der Waals surface area contributed by atoms with Crippen LogP contribution in [0.5, 0.6) is 0 Å². The van der Waals surface area contributed by atoms with E-state index in [0.717, 1.165) is 28.2 Å². The molecule has 9 aromatic carbocycles. The molecule has 0 saturated carbocycles. The molecular formula is C69H61NO. The Hall–Kier alpha value is -7.42. The molecule has 3 aliphatic rings. The molecule has 0 fully saturated rings. The van der Waals surface area contributed by atoms with Crippen molar-refractivity contribution in [2.75, 3.05) is 4.90 Å². The van der Waals surface area contributed by atoms with Crippen molar-refractivity contribution in [2.24, 2.45) is 0 Å². The lowest BCUT2D eigenvalue weighted by Gasteiger charge is -2.35. The van der Waals surface area contributed by atoms with Crippen LogP contribution in [-0.4, -0.2) is 0 Å². The Morgan fingerprint density at radius 3 is 1.61 bits per heavy atom. The van der Waals surface area contributed by atoms with E-state index in [1.54, 1.807) is 0 Å². The van der Waals surface area contributed by atoms with Gasteiger partial charge in [-0.3, -0.25) is 0 Å². The van der Waals surface area contributed by atoms with Gasteiger partial charge in [-0.15, -0.1) is 0 Å². The van der Waals surface area contributed by atoms with Crippen LogP contribution in [0.25, 0.3) is 55.3 Å². The Labute approximate surface area is 419 Å². The molecule has 0 atom stereocenters. The van der Waals surface area contributed by atoms with Crippen molar-refractivity contribution in [3.05, 3.63) is 244 Å². The number of benzene rings is 9. The predicted octanol–water partition coefficient (Wildman–Crippen LogP) is 18.6. The number of hydrogen-bond acceptors (Lipinski definition) is 2. The van der Waals surface area contributed by atoms with Crippen LogP contribution < -0.4 is 4.90 Å². The average Bonchev–Trinajstić information content (AvgIpc) is 4.03. The second-order valence-corrected chi connectivity index (χ2v) is 23.7. The molecule has 0 unspecified atom stereocenters. The van der Waals surface area contributed by atoms with Gasteiger partial charge in [-0.05, 0) is 143 Å². The van der Waals surface area contributed by atoms with Crippen molar-refractivity contribution in [1.82, 2.24) is 0 Å². The molecule has 10 aromatic rings. The molecule has 1 aromatic heterocycles. The van der Waals surface area contributed by atoms with E-state index in [-0.39, 0.29) is 21.7 Å². The fourth-order valence-corrected chi connectivity index (χ4v) is 13.2. The molecule has 2 nitrogen and oxygen atoms in total. The Kier molecular flexibility index (Phi) is 9.09. The first kappa shape index (κ1) is 43.6. The first-order valence-electron chi connectivity index (χ1n) is 25.6. The van der Waals surface area contributed by atoms with Gasteiger partial charge in [0.2, 0.25) is 0 Å². The van der Waals surface area contributed by atoms with Gasteiger partial charge in [0.1, 0.15) is 11.2 Å². The summed E-state index contributed by atoms with van der Waals surface area (Å²) in [6, 6.07) is 71.5. The average molecular weight is 920 g/mol. The molecule has 0 N–H and O–H groups in total. The predicted molar refractivity (Wildman–Crippen MR) is 298 cm³/mol. The number of rotatable bonds is 5. The number of anilines is 3. The van der Waals surface area contributed by atoms with E-state index in [1.807, 2.05) is 0 Å². The minimum absolute atomic E-state index is 0.0390. The zero-order chi connectivity index (χ0) is 49.0. The minimum atomic E-state index is -0.537. The summed E-state index contributed by atoms with van der Waals surface area (Å²) in [4.78, 5) is 2.53. The summed E-state index contributed by atoms with van der Waals surface area (Å²) in [6.07, 6.45) is 0. The van der Waals surface area contributed by atoms with E-state index < -0.39 is 5.41 Å². The molecule has 71 heavy (non-hydrogen) atoms. The zero-order valence-electron chi connectivity index (χ0n) is 42.8. The lowest BCUT2D eigenvalue weighted by atomic mass is 9.67. The third-order valence-corrected chi connectivity index (χ3v) is 16.8. The van der Waals surface area contributed by atoms with Gasteiger partial charge >= 0.3 is 0 Å². The van der Waals surface area contributed by atoms with Crippen molar-refractivity contribution >= 4 is 39.0 Å². The maximum absolute atomic E-state index is 7.04. The number of hydrogen-bond donors (Lipinski definition) is 0. The lowest BCUT2D eigenvalue weighted by molar-refractivity contribution is 0.559.